The summed E-state index contributed by atoms with van der Waals surface area (Å²) < 4.78 is 3.50. The van der Waals surface area contributed by atoms with Gasteiger partial charge in [-0.05, 0) is 50.5 Å². The largest absolute Gasteiger partial charge is 0.330 e. The summed E-state index contributed by atoms with van der Waals surface area (Å²) in [5, 5.41) is 3.45. The Labute approximate surface area is 161 Å². The lowest BCUT2D eigenvalue weighted by Crippen LogP contribution is -2.30. The monoisotopic (exact) mass is 384 g/mol. The maximum absolute atomic E-state index is 13.0. The van der Waals surface area contributed by atoms with Crippen LogP contribution in [-0.2, 0) is 24.3 Å². The molecule has 0 bridgehead atoms. The molecule has 0 aliphatic carbocycles. The number of carbonyl (C=O) groups is 1. The van der Waals surface area contributed by atoms with Crippen molar-refractivity contribution in [3.63, 3.8) is 0 Å². The Kier molecular flexibility index (Phi) is 4.52. The topological polar surface area (TPSA) is 68.9 Å². The summed E-state index contributed by atoms with van der Waals surface area (Å²) in [5.74, 6) is 0.637. The molecule has 1 aliphatic rings. The van der Waals surface area contributed by atoms with E-state index in [2.05, 4.69) is 10.3 Å². The van der Waals surface area contributed by atoms with E-state index in [0.29, 0.717) is 28.3 Å². The average Bonchev–Trinajstić information content (AvgIpc) is 2.94. The third-order valence-electron chi connectivity index (χ3n) is 5.10. The van der Waals surface area contributed by atoms with E-state index in [1.165, 1.54) is 0 Å². The lowest BCUT2D eigenvalue weighted by molar-refractivity contribution is -0.116. The van der Waals surface area contributed by atoms with E-state index < -0.39 is 0 Å². The normalized spacial score (nSPS) is 13.6. The van der Waals surface area contributed by atoms with Gasteiger partial charge < -0.3 is 9.88 Å². The molecule has 1 aliphatic heterocycles. The third kappa shape index (κ3) is 3.25. The second-order valence-corrected chi connectivity index (χ2v) is 7.49. The summed E-state index contributed by atoms with van der Waals surface area (Å²) in [4.78, 5) is 30.3. The minimum atomic E-state index is -0.205. The van der Waals surface area contributed by atoms with Gasteiger partial charge >= 0.3 is 0 Å². The van der Waals surface area contributed by atoms with Crippen LogP contribution < -0.4 is 10.9 Å². The number of nitrogens with one attached hydrogen (secondary N) is 1. The fourth-order valence-corrected chi connectivity index (χ4v) is 3.83. The van der Waals surface area contributed by atoms with Crippen LogP contribution in [0.5, 0.6) is 0 Å². The smallest absolute Gasteiger partial charge is 0.278 e. The van der Waals surface area contributed by atoms with Crippen LogP contribution in [0.15, 0.2) is 29.1 Å². The Balaban J connectivity index is 1.69. The number of fused-ring (bicyclic) bond motifs is 2. The van der Waals surface area contributed by atoms with E-state index >= 15 is 0 Å². The highest BCUT2D eigenvalue weighted by molar-refractivity contribution is 6.31. The first-order valence-electron chi connectivity index (χ1n) is 9.09. The van der Waals surface area contributed by atoms with E-state index in [1.807, 2.05) is 26.0 Å². The molecule has 6 nitrogen and oxygen atoms in total. The van der Waals surface area contributed by atoms with Gasteiger partial charge in [0, 0.05) is 29.4 Å². The van der Waals surface area contributed by atoms with Crippen LogP contribution in [0.1, 0.15) is 29.9 Å². The van der Waals surface area contributed by atoms with Crippen molar-refractivity contribution < 1.29 is 4.79 Å². The van der Waals surface area contributed by atoms with Crippen LogP contribution in [0, 0.1) is 13.8 Å². The predicted molar refractivity (Wildman–Crippen MR) is 106 cm³/mol. The number of anilines is 1. The highest BCUT2D eigenvalue weighted by Crippen LogP contribution is 2.21. The summed E-state index contributed by atoms with van der Waals surface area (Å²) in [6, 6.07) is 7.25. The van der Waals surface area contributed by atoms with Crippen LogP contribution in [0.3, 0.4) is 0 Å². The molecule has 27 heavy (non-hydrogen) atoms. The standard InChI is InChI=1S/C20H21ClN4O2/c1-12-6-7-14(21)10-15(12)23-18(26)11-25-13(2)9-16-19(25)20(27)24-8-4-3-5-17(24)22-16/h6-7,9-10H,3-5,8,11H2,1-2H3,(H,23,26). The van der Waals surface area contributed by atoms with E-state index in [1.54, 1.807) is 21.3 Å². The highest BCUT2D eigenvalue weighted by Gasteiger charge is 2.20. The third-order valence-corrected chi connectivity index (χ3v) is 5.34. The van der Waals surface area contributed by atoms with Crippen molar-refractivity contribution in [2.75, 3.05) is 5.32 Å². The van der Waals surface area contributed by atoms with Crippen LogP contribution in [0.4, 0.5) is 5.69 Å². The van der Waals surface area contributed by atoms with E-state index in [4.69, 9.17) is 11.6 Å². The number of amides is 1. The van der Waals surface area contributed by atoms with Crippen molar-refractivity contribution in [2.24, 2.45) is 0 Å². The molecule has 1 amide bonds. The quantitative estimate of drug-likeness (QED) is 0.752. The Morgan fingerprint density at radius 1 is 1.26 bits per heavy atom. The first kappa shape index (κ1) is 17.8. The highest BCUT2D eigenvalue weighted by atomic mass is 35.5. The number of hydrogen-bond acceptors (Lipinski definition) is 3. The van der Waals surface area contributed by atoms with E-state index in [0.717, 1.165) is 36.3 Å². The number of hydrogen-bond donors (Lipinski definition) is 1. The van der Waals surface area contributed by atoms with Crippen molar-refractivity contribution in [1.29, 1.82) is 0 Å². The van der Waals surface area contributed by atoms with Crippen molar-refractivity contribution in [3.05, 3.63) is 56.7 Å². The van der Waals surface area contributed by atoms with Crippen molar-refractivity contribution in [1.82, 2.24) is 14.1 Å². The van der Waals surface area contributed by atoms with Crippen LogP contribution in [-0.4, -0.2) is 20.0 Å². The van der Waals surface area contributed by atoms with Crippen molar-refractivity contribution >= 4 is 34.2 Å². The summed E-state index contributed by atoms with van der Waals surface area (Å²) in [7, 11) is 0. The van der Waals surface area contributed by atoms with Crippen molar-refractivity contribution in [2.45, 2.75) is 46.2 Å². The molecule has 1 N–H and O–H groups in total. The first-order chi connectivity index (χ1) is 12.9. The number of benzene rings is 1. The number of halogens is 1. The van der Waals surface area contributed by atoms with Gasteiger partial charge in [0.1, 0.15) is 17.9 Å². The minimum absolute atomic E-state index is 0.0531. The number of aryl methyl sites for hydroxylation is 3. The van der Waals surface area contributed by atoms with Crippen molar-refractivity contribution in [3.8, 4) is 0 Å². The molecule has 140 valence electrons. The van der Waals surface area contributed by atoms with Crippen LogP contribution >= 0.6 is 11.6 Å². The van der Waals surface area contributed by atoms with Gasteiger partial charge in [0.15, 0.2) is 0 Å². The molecular formula is C20H21ClN4O2. The van der Waals surface area contributed by atoms with Gasteiger partial charge in [0.25, 0.3) is 5.56 Å². The fraction of sp³-hybridized carbons (Fsp3) is 0.350. The molecule has 1 aromatic carbocycles. The Morgan fingerprint density at radius 3 is 2.89 bits per heavy atom. The Bertz CT molecular complexity index is 1110. The molecule has 3 aromatic rings. The Hall–Kier alpha value is -2.60. The summed E-state index contributed by atoms with van der Waals surface area (Å²) >= 11 is 6.03. The predicted octanol–water partition coefficient (Wildman–Crippen LogP) is 3.44. The molecule has 0 spiro atoms. The Morgan fingerprint density at radius 2 is 2.07 bits per heavy atom. The van der Waals surface area contributed by atoms with Crippen LogP contribution in [0.2, 0.25) is 5.02 Å². The van der Waals surface area contributed by atoms with Crippen LogP contribution in [0.25, 0.3) is 11.0 Å². The zero-order valence-corrected chi connectivity index (χ0v) is 16.1. The average molecular weight is 385 g/mol. The van der Waals surface area contributed by atoms with E-state index in [9.17, 15) is 9.59 Å². The molecule has 0 saturated heterocycles. The molecule has 7 heteroatoms. The molecule has 0 atom stereocenters. The molecule has 0 radical (unpaired) electrons. The molecule has 4 rings (SSSR count). The number of rotatable bonds is 3. The molecule has 0 saturated carbocycles. The molecule has 0 fully saturated rings. The lowest BCUT2D eigenvalue weighted by Gasteiger charge is -2.17. The van der Waals surface area contributed by atoms with Gasteiger partial charge in [-0.1, -0.05) is 17.7 Å². The summed E-state index contributed by atoms with van der Waals surface area (Å²) in [6.07, 6.45) is 2.86. The van der Waals surface area contributed by atoms with Gasteiger partial charge in [-0.25, -0.2) is 4.98 Å². The first-order valence-corrected chi connectivity index (χ1v) is 9.47. The maximum Gasteiger partial charge on any atom is 0.278 e. The molecule has 2 aromatic heterocycles. The fourth-order valence-electron chi connectivity index (χ4n) is 3.65. The lowest BCUT2D eigenvalue weighted by atomic mass is 10.1. The summed E-state index contributed by atoms with van der Waals surface area (Å²) in [5.41, 5.74) is 3.55. The molecule has 0 unspecified atom stereocenters. The minimum Gasteiger partial charge on any atom is -0.330 e. The van der Waals surface area contributed by atoms with E-state index in [-0.39, 0.29) is 18.0 Å². The van der Waals surface area contributed by atoms with Gasteiger partial charge in [0.2, 0.25) is 5.91 Å². The number of carbonyl (C=O) groups excluding carboxylic acids is 1. The SMILES string of the molecule is Cc1ccc(Cl)cc1NC(=O)Cn1c(C)cc2nc3n(c(=O)c21)CCCC3. The maximum atomic E-state index is 13.0. The van der Waals surface area contributed by atoms with Gasteiger partial charge in [-0.15, -0.1) is 0 Å². The second-order valence-electron chi connectivity index (χ2n) is 7.06. The van der Waals surface area contributed by atoms with Gasteiger partial charge in [-0.3, -0.25) is 14.2 Å². The molecular weight excluding hydrogens is 364 g/mol. The zero-order valence-electron chi connectivity index (χ0n) is 15.4. The van der Waals surface area contributed by atoms with Gasteiger partial charge in [0.05, 0.1) is 5.52 Å². The second kappa shape index (κ2) is 6.85. The number of aromatic nitrogens is 3. The summed E-state index contributed by atoms with van der Waals surface area (Å²) in [6.45, 7) is 4.54. The molecule has 3 heterocycles. The zero-order chi connectivity index (χ0) is 19.1. The number of nitrogens with zero attached hydrogens (tertiary/aromatic N) is 3. The van der Waals surface area contributed by atoms with Gasteiger partial charge in [-0.2, -0.15) is 0 Å².